The lowest BCUT2D eigenvalue weighted by atomic mass is 9.91. The van der Waals surface area contributed by atoms with Gasteiger partial charge in [0.05, 0.1) is 12.7 Å². The van der Waals surface area contributed by atoms with Crippen LogP contribution in [0.15, 0.2) is 36.4 Å². The van der Waals surface area contributed by atoms with E-state index in [-0.39, 0.29) is 5.78 Å². The fourth-order valence-electron chi connectivity index (χ4n) is 2.64. The molecule has 0 aliphatic carbocycles. The van der Waals surface area contributed by atoms with Crippen molar-refractivity contribution >= 4 is 11.8 Å². The fourth-order valence-corrected chi connectivity index (χ4v) is 2.64. The predicted octanol–water partition coefficient (Wildman–Crippen LogP) is 3.63. The smallest absolute Gasteiger partial charge is 0.338 e. The summed E-state index contributed by atoms with van der Waals surface area (Å²) >= 11 is 0. The van der Waals surface area contributed by atoms with Gasteiger partial charge in [0, 0.05) is 11.1 Å². The number of ketones is 1. The second-order valence-electron chi connectivity index (χ2n) is 5.14. The molecular weight excluding hydrogens is 264 g/mol. The maximum atomic E-state index is 12.8. The Morgan fingerprint density at radius 1 is 0.905 bits per heavy atom. The monoisotopic (exact) mass is 282 g/mol. The molecule has 0 heterocycles. The fraction of sp³-hybridized carbons (Fsp3) is 0.222. The van der Waals surface area contributed by atoms with Crippen molar-refractivity contribution < 1.29 is 14.3 Å². The van der Waals surface area contributed by atoms with Crippen molar-refractivity contribution in [2.45, 2.75) is 20.8 Å². The van der Waals surface area contributed by atoms with Crippen LogP contribution in [-0.2, 0) is 4.74 Å². The Hall–Kier alpha value is -2.42. The van der Waals surface area contributed by atoms with Gasteiger partial charge < -0.3 is 4.74 Å². The molecule has 2 aromatic carbocycles. The number of carbonyl (C=O) groups excluding carboxylic acids is 2. The van der Waals surface area contributed by atoms with E-state index >= 15 is 0 Å². The van der Waals surface area contributed by atoms with Crippen LogP contribution in [0.25, 0.3) is 0 Å². The van der Waals surface area contributed by atoms with E-state index in [4.69, 9.17) is 4.74 Å². The first-order valence-electron chi connectivity index (χ1n) is 6.75. The minimum atomic E-state index is -0.499. The molecule has 3 heteroatoms. The van der Waals surface area contributed by atoms with Gasteiger partial charge in [0.15, 0.2) is 5.78 Å². The summed E-state index contributed by atoms with van der Waals surface area (Å²) in [5.74, 6) is -0.646. The topological polar surface area (TPSA) is 43.4 Å². The van der Waals surface area contributed by atoms with Crippen LogP contribution in [0.4, 0.5) is 0 Å². The Balaban J connectivity index is 2.59. The van der Waals surface area contributed by atoms with Crippen molar-refractivity contribution in [3.63, 3.8) is 0 Å². The second-order valence-corrected chi connectivity index (χ2v) is 5.14. The van der Waals surface area contributed by atoms with Crippen LogP contribution in [0.2, 0.25) is 0 Å². The summed E-state index contributed by atoms with van der Waals surface area (Å²) in [7, 11) is 1.31. The first-order valence-corrected chi connectivity index (χ1v) is 6.75. The molecule has 0 radical (unpaired) electrons. The van der Waals surface area contributed by atoms with Gasteiger partial charge in [-0.2, -0.15) is 0 Å². The van der Waals surface area contributed by atoms with Gasteiger partial charge in [-0.25, -0.2) is 4.79 Å². The van der Waals surface area contributed by atoms with Crippen LogP contribution >= 0.6 is 0 Å². The summed E-state index contributed by atoms with van der Waals surface area (Å²) in [5, 5.41) is 0. The summed E-state index contributed by atoms with van der Waals surface area (Å²) in [6, 6.07) is 10.7. The highest BCUT2D eigenvalue weighted by Gasteiger charge is 2.21. The van der Waals surface area contributed by atoms with Gasteiger partial charge in [-0.05, 0) is 38.0 Å². The Kier molecular flexibility index (Phi) is 4.22. The van der Waals surface area contributed by atoms with Crippen LogP contribution in [0.3, 0.4) is 0 Å². The molecule has 0 saturated heterocycles. The molecule has 0 amide bonds. The molecule has 108 valence electrons. The molecule has 0 unspecified atom stereocenters. The molecule has 2 aromatic rings. The first-order chi connectivity index (χ1) is 9.95. The van der Waals surface area contributed by atoms with E-state index in [1.165, 1.54) is 7.11 Å². The molecule has 0 N–H and O–H groups in total. The lowest BCUT2D eigenvalue weighted by Crippen LogP contribution is -2.13. The SMILES string of the molecule is COC(=O)c1ccccc1C(=O)c1c(C)cc(C)cc1C. The van der Waals surface area contributed by atoms with Crippen LogP contribution in [0.5, 0.6) is 0 Å². The molecule has 0 atom stereocenters. The standard InChI is InChI=1S/C18H18O3/c1-11-9-12(2)16(13(3)10-11)17(19)14-7-5-6-8-15(14)18(20)21-4/h5-10H,1-4H3. The highest BCUT2D eigenvalue weighted by atomic mass is 16.5. The third-order valence-electron chi connectivity index (χ3n) is 3.48. The quantitative estimate of drug-likeness (QED) is 0.638. The maximum absolute atomic E-state index is 12.8. The molecule has 2 rings (SSSR count). The molecule has 0 bridgehead atoms. The van der Waals surface area contributed by atoms with Crippen molar-refractivity contribution in [2.75, 3.05) is 7.11 Å². The van der Waals surface area contributed by atoms with E-state index in [1.807, 2.05) is 32.9 Å². The zero-order chi connectivity index (χ0) is 15.6. The molecule has 0 saturated carbocycles. The maximum Gasteiger partial charge on any atom is 0.338 e. The zero-order valence-corrected chi connectivity index (χ0v) is 12.7. The number of carbonyl (C=O) groups is 2. The Morgan fingerprint density at radius 3 is 1.95 bits per heavy atom. The van der Waals surface area contributed by atoms with Crippen molar-refractivity contribution in [1.29, 1.82) is 0 Å². The van der Waals surface area contributed by atoms with Gasteiger partial charge in [-0.3, -0.25) is 4.79 Å². The van der Waals surface area contributed by atoms with Gasteiger partial charge >= 0.3 is 5.97 Å². The second kappa shape index (κ2) is 5.92. The van der Waals surface area contributed by atoms with Gasteiger partial charge in [0.1, 0.15) is 0 Å². The number of methoxy groups -OCH3 is 1. The zero-order valence-electron chi connectivity index (χ0n) is 12.7. The average Bonchev–Trinajstić information content (AvgIpc) is 2.45. The number of ether oxygens (including phenoxy) is 1. The lowest BCUT2D eigenvalue weighted by molar-refractivity contribution is 0.0597. The summed E-state index contributed by atoms with van der Waals surface area (Å²) in [5.41, 5.74) is 4.26. The van der Waals surface area contributed by atoms with Crippen LogP contribution in [0, 0.1) is 20.8 Å². The van der Waals surface area contributed by atoms with Gasteiger partial charge in [0.2, 0.25) is 0 Å². The minimum absolute atomic E-state index is 0.147. The predicted molar refractivity (Wildman–Crippen MR) is 81.9 cm³/mol. The Labute approximate surface area is 124 Å². The number of aryl methyl sites for hydroxylation is 3. The largest absolute Gasteiger partial charge is 0.465 e. The molecule has 3 nitrogen and oxygen atoms in total. The molecule has 0 aromatic heterocycles. The number of hydrogen-bond donors (Lipinski definition) is 0. The van der Waals surface area contributed by atoms with Gasteiger partial charge in [-0.15, -0.1) is 0 Å². The molecule has 0 aliphatic heterocycles. The molecule has 0 fully saturated rings. The van der Waals surface area contributed by atoms with Gasteiger partial charge in [-0.1, -0.05) is 35.9 Å². The number of rotatable bonds is 3. The Morgan fingerprint density at radius 2 is 1.43 bits per heavy atom. The van der Waals surface area contributed by atoms with Crippen molar-refractivity contribution in [3.8, 4) is 0 Å². The summed E-state index contributed by atoms with van der Waals surface area (Å²) in [6.45, 7) is 5.82. The highest BCUT2D eigenvalue weighted by Crippen LogP contribution is 2.22. The van der Waals surface area contributed by atoms with E-state index in [0.29, 0.717) is 16.7 Å². The molecule has 21 heavy (non-hydrogen) atoms. The highest BCUT2D eigenvalue weighted by molar-refractivity contribution is 6.15. The summed E-state index contributed by atoms with van der Waals surface area (Å²) in [4.78, 5) is 24.7. The normalized spacial score (nSPS) is 10.3. The minimum Gasteiger partial charge on any atom is -0.465 e. The first kappa shape index (κ1) is 15.0. The third-order valence-corrected chi connectivity index (χ3v) is 3.48. The molecule has 0 aliphatic rings. The van der Waals surface area contributed by atoms with E-state index < -0.39 is 5.97 Å². The van der Waals surface area contributed by atoms with Crippen LogP contribution in [-0.4, -0.2) is 18.9 Å². The van der Waals surface area contributed by atoms with E-state index in [2.05, 4.69) is 0 Å². The molecular formula is C18H18O3. The lowest BCUT2D eigenvalue weighted by Gasteiger charge is -2.12. The number of benzene rings is 2. The van der Waals surface area contributed by atoms with Crippen molar-refractivity contribution in [1.82, 2.24) is 0 Å². The summed E-state index contributed by atoms with van der Waals surface area (Å²) < 4.78 is 4.75. The van der Waals surface area contributed by atoms with E-state index in [0.717, 1.165) is 16.7 Å². The number of hydrogen-bond acceptors (Lipinski definition) is 3. The van der Waals surface area contributed by atoms with Crippen LogP contribution < -0.4 is 0 Å². The Bertz CT molecular complexity index is 691. The van der Waals surface area contributed by atoms with Crippen LogP contribution in [0.1, 0.15) is 43.0 Å². The van der Waals surface area contributed by atoms with Crippen molar-refractivity contribution in [3.05, 3.63) is 69.8 Å². The number of esters is 1. The summed E-state index contributed by atoms with van der Waals surface area (Å²) in [6.07, 6.45) is 0. The average molecular weight is 282 g/mol. The van der Waals surface area contributed by atoms with Gasteiger partial charge in [0.25, 0.3) is 0 Å². The van der Waals surface area contributed by atoms with E-state index in [1.54, 1.807) is 24.3 Å². The van der Waals surface area contributed by atoms with E-state index in [9.17, 15) is 9.59 Å². The molecule has 0 spiro atoms. The third kappa shape index (κ3) is 2.87. The van der Waals surface area contributed by atoms with Crippen molar-refractivity contribution in [2.24, 2.45) is 0 Å².